The first-order valence-corrected chi connectivity index (χ1v) is 7.49. The number of hydrogen-bond donors (Lipinski definition) is 0. The molecule has 2 aromatic carbocycles. The van der Waals surface area contributed by atoms with Crippen LogP contribution in [0, 0.1) is 0 Å². The van der Waals surface area contributed by atoms with Crippen LogP contribution < -0.4 is 0 Å². The summed E-state index contributed by atoms with van der Waals surface area (Å²) in [5.74, 6) is 0.204. The van der Waals surface area contributed by atoms with Crippen LogP contribution in [0.15, 0.2) is 54.6 Å². The summed E-state index contributed by atoms with van der Waals surface area (Å²) < 4.78 is 0. The molecule has 21 heavy (non-hydrogen) atoms. The van der Waals surface area contributed by atoms with Crippen LogP contribution in [0.25, 0.3) is 0 Å². The lowest BCUT2D eigenvalue weighted by Gasteiger charge is -2.37. The third-order valence-corrected chi connectivity index (χ3v) is 4.52. The fourth-order valence-corrected chi connectivity index (χ4v) is 3.47. The Hall–Kier alpha value is -2.13. The highest BCUT2D eigenvalue weighted by Crippen LogP contribution is 2.36. The van der Waals surface area contributed by atoms with Crippen LogP contribution in [0.3, 0.4) is 0 Å². The summed E-state index contributed by atoms with van der Waals surface area (Å²) in [6.45, 7) is 3.66. The molecule has 1 fully saturated rings. The van der Waals surface area contributed by atoms with E-state index in [-0.39, 0.29) is 11.9 Å². The Morgan fingerprint density at radius 2 is 1.71 bits per heavy atom. The van der Waals surface area contributed by atoms with E-state index >= 15 is 0 Å². The van der Waals surface area contributed by atoms with Crippen molar-refractivity contribution in [3.8, 4) is 0 Å². The van der Waals surface area contributed by atoms with Gasteiger partial charge in [0.15, 0.2) is 0 Å². The van der Waals surface area contributed by atoms with Gasteiger partial charge in [0.05, 0.1) is 6.04 Å². The van der Waals surface area contributed by atoms with E-state index in [0.717, 1.165) is 31.7 Å². The molecule has 1 amide bonds. The van der Waals surface area contributed by atoms with Crippen molar-refractivity contribution in [3.63, 3.8) is 0 Å². The Bertz CT molecular complexity index is 668. The summed E-state index contributed by atoms with van der Waals surface area (Å²) >= 11 is 0. The van der Waals surface area contributed by atoms with Gasteiger partial charge in [-0.05, 0) is 17.2 Å². The second-order valence-electron chi connectivity index (χ2n) is 5.82. The highest BCUT2D eigenvalue weighted by molar-refractivity contribution is 5.99. The summed E-state index contributed by atoms with van der Waals surface area (Å²) in [6.07, 6.45) is 0. The van der Waals surface area contributed by atoms with Gasteiger partial charge in [0.2, 0.25) is 0 Å². The van der Waals surface area contributed by atoms with Crippen molar-refractivity contribution in [2.75, 3.05) is 19.6 Å². The quantitative estimate of drug-likeness (QED) is 0.843. The van der Waals surface area contributed by atoms with Crippen molar-refractivity contribution < 1.29 is 4.79 Å². The van der Waals surface area contributed by atoms with E-state index in [1.165, 1.54) is 11.1 Å². The van der Waals surface area contributed by atoms with E-state index < -0.39 is 0 Å². The zero-order valence-electron chi connectivity index (χ0n) is 11.9. The summed E-state index contributed by atoms with van der Waals surface area (Å²) in [7, 11) is 0. The van der Waals surface area contributed by atoms with Gasteiger partial charge in [-0.15, -0.1) is 0 Å². The molecule has 2 aromatic rings. The predicted octanol–water partition coefficient (Wildman–Crippen LogP) is 2.70. The molecular weight excluding hydrogens is 260 g/mol. The van der Waals surface area contributed by atoms with Gasteiger partial charge in [-0.1, -0.05) is 48.5 Å². The summed E-state index contributed by atoms with van der Waals surface area (Å²) in [5.41, 5.74) is 3.42. The molecule has 3 heteroatoms. The topological polar surface area (TPSA) is 23.6 Å². The second kappa shape index (κ2) is 5.01. The van der Waals surface area contributed by atoms with Crippen LogP contribution in [-0.4, -0.2) is 35.3 Å². The van der Waals surface area contributed by atoms with Crippen LogP contribution >= 0.6 is 0 Å². The Kier molecular flexibility index (Phi) is 3.00. The fraction of sp³-hybridized carbons (Fsp3) is 0.278. The SMILES string of the molecule is O=C1c2ccccc2C2CN(Cc3ccccc3)CCN12. The van der Waals surface area contributed by atoms with Gasteiger partial charge < -0.3 is 4.90 Å². The minimum absolute atomic E-state index is 0.204. The Balaban J connectivity index is 1.56. The van der Waals surface area contributed by atoms with Crippen molar-refractivity contribution in [3.05, 3.63) is 71.3 Å². The van der Waals surface area contributed by atoms with Crippen LogP contribution in [-0.2, 0) is 6.54 Å². The first kappa shape index (κ1) is 12.6. The zero-order valence-corrected chi connectivity index (χ0v) is 11.9. The van der Waals surface area contributed by atoms with E-state index in [1.54, 1.807) is 0 Å². The number of carbonyl (C=O) groups excluding carboxylic acids is 1. The molecule has 0 spiro atoms. The van der Waals surface area contributed by atoms with E-state index in [9.17, 15) is 4.79 Å². The molecule has 2 aliphatic rings. The number of hydrogen-bond acceptors (Lipinski definition) is 2. The molecule has 1 saturated heterocycles. The van der Waals surface area contributed by atoms with Crippen molar-refractivity contribution in [2.45, 2.75) is 12.6 Å². The average molecular weight is 278 g/mol. The van der Waals surface area contributed by atoms with Gasteiger partial charge in [-0.25, -0.2) is 0 Å². The predicted molar refractivity (Wildman–Crippen MR) is 81.9 cm³/mol. The van der Waals surface area contributed by atoms with E-state index in [2.05, 4.69) is 35.2 Å². The van der Waals surface area contributed by atoms with Gasteiger partial charge in [-0.3, -0.25) is 9.69 Å². The Labute approximate surface area is 124 Å². The maximum Gasteiger partial charge on any atom is 0.254 e. The lowest BCUT2D eigenvalue weighted by Crippen LogP contribution is -2.46. The maximum absolute atomic E-state index is 12.4. The van der Waals surface area contributed by atoms with Crippen LogP contribution in [0.2, 0.25) is 0 Å². The minimum atomic E-state index is 0.204. The smallest absolute Gasteiger partial charge is 0.254 e. The Morgan fingerprint density at radius 1 is 0.952 bits per heavy atom. The average Bonchev–Trinajstić information content (AvgIpc) is 2.82. The molecule has 0 saturated carbocycles. The maximum atomic E-state index is 12.4. The van der Waals surface area contributed by atoms with E-state index in [1.807, 2.05) is 29.2 Å². The summed E-state index contributed by atoms with van der Waals surface area (Å²) in [6, 6.07) is 18.8. The van der Waals surface area contributed by atoms with Crippen LogP contribution in [0.5, 0.6) is 0 Å². The number of fused-ring (bicyclic) bond motifs is 3. The van der Waals surface area contributed by atoms with Gasteiger partial charge in [-0.2, -0.15) is 0 Å². The third kappa shape index (κ3) is 2.14. The van der Waals surface area contributed by atoms with Crippen molar-refractivity contribution in [2.24, 2.45) is 0 Å². The number of carbonyl (C=O) groups is 1. The molecule has 2 aliphatic heterocycles. The lowest BCUT2D eigenvalue weighted by molar-refractivity contribution is 0.0510. The number of amides is 1. The van der Waals surface area contributed by atoms with E-state index in [4.69, 9.17) is 0 Å². The lowest BCUT2D eigenvalue weighted by atomic mass is 10.0. The summed E-state index contributed by atoms with van der Waals surface area (Å²) in [5, 5.41) is 0. The molecular formula is C18H18N2O. The monoisotopic (exact) mass is 278 g/mol. The number of rotatable bonds is 2. The first-order chi connectivity index (χ1) is 10.3. The minimum Gasteiger partial charge on any atom is -0.329 e. The largest absolute Gasteiger partial charge is 0.329 e. The fourth-order valence-electron chi connectivity index (χ4n) is 3.47. The van der Waals surface area contributed by atoms with Gasteiger partial charge >= 0.3 is 0 Å². The molecule has 2 heterocycles. The number of nitrogens with zero attached hydrogens (tertiary/aromatic N) is 2. The molecule has 0 aromatic heterocycles. The normalized spacial score (nSPS) is 21.2. The molecule has 1 unspecified atom stereocenters. The molecule has 0 aliphatic carbocycles. The molecule has 0 bridgehead atoms. The van der Waals surface area contributed by atoms with Gasteiger partial charge in [0.1, 0.15) is 0 Å². The molecule has 3 nitrogen and oxygen atoms in total. The molecule has 0 radical (unpaired) electrons. The standard InChI is InChI=1S/C18H18N2O/c21-18-16-9-5-4-8-15(16)17-13-19(10-11-20(17)18)12-14-6-2-1-3-7-14/h1-9,17H,10-13H2. The molecule has 106 valence electrons. The van der Waals surface area contributed by atoms with Crippen LogP contribution in [0.1, 0.15) is 27.5 Å². The van der Waals surface area contributed by atoms with E-state index in [0.29, 0.717) is 0 Å². The Morgan fingerprint density at radius 3 is 2.57 bits per heavy atom. The van der Waals surface area contributed by atoms with Crippen molar-refractivity contribution in [1.82, 2.24) is 9.80 Å². The zero-order chi connectivity index (χ0) is 14.2. The number of benzene rings is 2. The molecule has 1 atom stereocenters. The third-order valence-electron chi connectivity index (χ3n) is 4.52. The van der Waals surface area contributed by atoms with Crippen molar-refractivity contribution in [1.29, 1.82) is 0 Å². The molecule has 0 N–H and O–H groups in total. The summed E-state index contributed by atoms with van der Waals surface area (Å²) in [4.78, 5) is 16.9. The van der Waals surface area contributed by atoms with Crippen LogP contribution in [0.4, 0.5) is 0 Å². The molecule has 4 rings (SSSR count). The first-order valence-electron chi connectivity index (χ1n) is 7.49. The van der Waals surface area contributed by atoms with Gasteiger partial charge in [0, 0.05) is 31.7 Å². The highest BCUT2D eigenvalue weighted by Gasteiger charge is 2.39. The number of piperazine rings is 1. The van der Waals surface area contributed by atoms with Gasteiger partial charge in [0.25, 0.3) is 5.91 Å². The second-order valence-corrected chi connectivity index (χ2v) is 5.82. The highest BCUT2D eigenvalue weighted by atomic mass is 16.2. The van der Waals surface area contributed by atoms with Crippen molar-refractivity contribution >= 4 is 5.91 Å².